The second-order valence-corrected chi connectivity index (χ2v) is 5.33. The van der Waals surface area contributed by atoms with Gasteiger partial charge in [0.2, 0.25) is 5.91 Å². The van der Waals surface area contributed by atoms with E-state index in [1.807, 2.05) is 30.3 Å². The zero-order valence-electron chi connectivity index (χ0n) is 12.6. The Balaban J connectivity index is 1.85. The molecule has 1 aliphatic heterocycles. The van der Waals surface area contributed by atoms with Crippen molar-refractivity contribution in [3.05, 3.63) is 35.9 Å². The van der Waals surface area contributed by atoms with Crippen molar-refractivity contribution in [3.8, 4) is 0 Å². The highest BCUT2D eigenvalue weighted by molar-refractivity contribution is 5.83. The molecule has 5 nitrogen and oxygen atoms in total. The zero-order valence-corrected chi connectivity index (χ0v) is 12.6. The molecule has 1 amide bonds. The summed E-state index contributed by atoms with van der Waals surface area (Å²) in [6, 6.07) is 9.66. The molecule has 2 rings (SSSR count). The van der Waals surface area contributed by atoms with E-state index < -0.39 is 0 Å². The lowest BCUT2D eigenvalue weighted by atomic mass is 9.98. The summed E-state index contributed by atoms with van der Waals surface area (Å²) in [6.07, 6.45) is 0.0665. The maximum atomic E-state index is 12.3. The fraction of sp³-hybridized carbons (Fsp3) is 0.562. The van der Waals surface area contributed by atoms with E-state index in [1.54, 1.807) is 0 Å². The second-order valence-electron chi connectivity index (χ2n) is 5.33. The smallest absolute Gasteiger partial charge is 0.228 e. The number of likely N-dealkylation sites (N-methyl/N-ethyl adjacent to an activating group) is 1. The number of hydrogen-bond donors (Lipinski definition) is 2. The lowest BCUT2D eigenvalue weighted by Gasteiger charge is -2.32. The SMILES string of the molecule is CCN1CCOC(CNC(=O)C(CN)c2ccccc2)C1. The van der Waals surface area contributed by atoms with Gasteiger partial charge in [-0.3, -0.25) is 9.69 Å². The molecule has 1 aliphatic rings. The first-order valence-electron chi connectivity index (χ1n) is 7.61. The molecule has 1 aromatic rings. The molecule has 2 atom stereocenters. The quantitative estimate of drug-likeness (QED) is 0.804. The van der Waals surface area contributed by atoms with E-state index in [0.29, 0.717) is 13.1 Å². The average Bonchev–Trinajstić information content (AvgIpc) is 2.55. The topological polar surface area (TPSA) is 67.6 Å². The van der Waals surface area contributed by atoms with Crippen LogP contribution >= 0.6 is 0 Å². The summed E-state index contributed by atoms with van der Waals surface area (Å²) in [5.41, 5.74) is 6.71. The van der Waals surface area contributed by atoms with Gasteiger partial charge < -0.3 is 15.8 Å². The van der Waals surface area contributed by atoms with Gasteiger partial charge in [-0.15, -0.1) is 0 Å². The van der Waals surface area contributed by atoms with Crippen molar-refractivity contribution in [3.63, 3.8) is 0 Å². The molecule has 0 saturated carbocycles. The Hall–Kier alpha value is -1.43. The minimum absolute atomic E-state index is 0.0269. The van der Waals surface area contributed by atoms with Crippen LogP contribution in [0.4, 0.5) is 0 Å². The van der Waals surface area contributed by atoms with Crippen molar-refractivity contribution in [2.75, 3.05) is 39.3 Å². The molecule has 5 heteroatoms. The number of carbonyl (C=O) groups is 1. The molecule has 0 aliphatic carbocycles. The van der Waals surface area contributed by atoms with Crippen LogP contribution in [0.1, 0.15) is 18.4 Å². The van der Waals surface area contributed by atoms with E-state index in [2.05, 4.69) is 17.1 Å². The molecule has 2 unspecified atom stereocenters. The van der Waals surface area contributed by atoms with Crippen molar-refractivity contribution in [1.82, 2.24) is 10.2 Å². The summed E-state index contributed by atoms with van der Waals surface area (Å²) < 4.78 is 5.69. The van der Waals surface area contributed by atoms with E-state index in [-0.39, 0.29) is 17.9 Å². The van der Waals surface area contributed by atoms with Gasteiger partial charge in [-0.25, -0.2) is 0 Å². The van der Waals surface area contributed by atoms with Gasteiger partial charge in [0.1, 0.15) is 0 Å². The van der Waals surface area contributed by atoms with Crippen LogP contribution in [-0.4, -0.2) is 56.2 Å². The van der Waals surface area contributed by atoms with Crippen molar-refractivity contribution < 1.29 is 9.53 Å². The highest BCUT2D eigenvalue weighted by Gasteiger charge is 2.23. The van der Waals surface area contributed by atoms with Crippen molar-refractivity contribution in [1.29, 1.82) is 0 Å². The average molecular weight is 291 g/mol. The molecule has 0 radical (unpaired) electrons. The Morgan fingerprint density at radius 1 is 1.48 bits per heavy atom. The van der Waals surface area contributed by atoms with Crippen molar-refractivity contribution in [2.24, 2.45) is 5.73 Å². The Morgan fingerprint density at radius 2 is 2.24 bits per heavy atom. The molecule has 0 aromatic heterocycles. The van der Waals surface area contributed by atoms with Crippen LogP contribution in [-0.2, 0) is 9.53 Å². The monoisotopic (exact) mass is 291 g/mol. The predicted octanol–water partition coefficient (Wildman–Crippen LogP) is 0.566. The fourth-order valence-electron chi connectivity index (χ4n) is 2.61. The molecule has 0 bridgehead atoms. The van der Waals surface area contributed by atoms with Gasteiger partial charge in [0.05, 0.1) is 18.6 Å². The summed E-state index contributed by atoms with van der Waals surface area (Å²) in [4.78, 5) is 14.6. The number of nitrogens with zero attached hydrogens (tertiary/aromatic N) is 1. The first kappa shape index (κ1) is 15.9. The molecule has 0 spiro atoms. The number of hydrogen-bond acceptors (Lipinski definition) is 4. The van der Waals surface area contributed by atoms with Crippen LogP contribution in [0.25, 0.3) is 0 Å². The number of ether oxygens (including phenoxy) is 1. The van der Waals surface area contributed by atoms with Gasteiger partial charge >= 0.3 is 0 Å². The number of nitrogens with one attached hydrogen (secondary N) is 1. The summed E-state index contributed by atoms with van der Waals surface area (Å²) in [5, 5.41) is 2.98. The summed E-state index contributed by atoms with van der Waals surface area (Å²) in [7, 11) is 0. The van der Waals surface area contributed by atoms with Gasteiger partial charge in [0, 0.05) is 26.2 Å². The van der Waals surface area contributed by atoms with E-state index in [0.717, 1.165) is 31.8 Å². The molecule has 21 heavy (non-hydrogen) atoms. The predicted molar refractivity (Wildman–Crippen MR) is 83.1 cm³/mol. The molecule has 3 N–H and O–H groups in total. The van der Waals surface area contributed by atoms with Crippen LogP contribution in [0.5, 0.6) is 0 Å². The third-order valence-electron chi connectivity index (χ3n) is 3.93. The number of benzene rings is 1. The standard InChI is InChI=1S/C16H25N3O2/c1-2-19-8-9-21-14(12-19)11-18-16(20)15(10-17)13-6-4-3-5-7-13/h3-7,14-15H,2,8-12,17H2,1H3,(H,18,20). The maximum absolute atomic E-state index is 12.3. The minimum Gasteiger partial charge on any atom is -0.374 e. The van der Waals surface area contributed by atoms with Crippen LogP contribution < -0.4 is 11.1 Å². The fourth-order valence-corrected chi connectivity index (χ4v) is 2.61. The summed E-state index contributed by atoms with van der Waals surface area (Å²) >= 11 is 0. The molecule has 1 saturated heterocycles. The highest BCUT2D eigenvalue weighted by Crippen LogP contribution is 2.14. The number of rotatable bonds is 6. The van der Waals surface area contributed by atoms with E-state index in [1.165, 1.54) is 0 Å². The molecule has 1 fully saturated rings. The van der Waals surface area contributed by atoms with Gasteiger partial charge in [-0.05, 0) is 12.1 Å². The van der Waals surface area contributed by atoms with Crippen LogP contribution in [0.3, 0.4) is 0 Å². The Bertz CT molecular complexity index is 438. The second kappa shape index (κ2) is 8.12. The third-order valence-corrected chi connectivity index (χ3v) is 3.93. The molecule has 1 heterocycles. The van der Waals surface area contributed by atoms with E-state index >= 15 is 0 Å². The first-order chi connectivity index (χ1) is 10.2. The summed E-state index contributed by atoms with van der Waals surface area (Å²) in [5.74, 6) is -0.321. The van der Waals surface area contributed by atoms with Crippen LogP contribution in [0.15, 0.2) is 30.3 Å². The third kappa shape index (κ3) is 4.52. The van der Waals surface area contributed by atoms with Gasteiger partial charge in [0.15, 0.2) is 0 Å². The molecule has 1 aromatic carbocycles. The first-order valence-corrected chi connectivity index (χ1v) is 7.61. The number of carbonyl (C=O) groups excluding carboxylic acids is 1. The van der Waals surface area contributed by atoms with E-state index in [4.69, 9.17) is 10.5 Å². The maximum Gasteiger partial charge on any atom is 0.228 e. The molecule has 116 valence electrons. The van der Waals surface area contributed by atoms with Gasteiger partial charge in [-0.2, -0.15) is 0 Å². The van der Waals surface area contributed by atoms with Gasteiger partial charge in [0.25, 0.3) is 0 Å². The number of morpholine rings is 1. The Morgan fingerprint density at radius 3 is 2.90 bits per heavy atom. The number of nitrogens with two attached hydrogens (primary N) is 1. The largest absolute Gasteiger partial charge is 0.374 e. The lowest BCUT2D eigenvalue weighted by molar-refractivity contribution is -0.123. The highest BCUT2D eigenvalue weighted by atomic mass is 16.5. The minimum atomic E-state index is -0.294. The van der Waals surface area contributed by atoms with Gasteiger partial charge in [-0.1, -0.05) is 37.3 Å². The van der Waals surface area contributed by atoms with Crippen molar-refractivity contribution in [2.45, 2.75) is 18.9 Å². The normalized spacial score (nSPS) is 21.0. The molecular weight excluding hydrogens is 266 g/mol. The summed E-state index contributed by atoms with van der Waals surface area (Å²) in [6.45, 7) is 6.57. The number of amides is 1. The van der Waals surface area contributed by atoms with E-state index in [9.17, 15) is 4.79 Å². The Kier molecular flexibility index (Phi) is 6.17. The van der Waals surface area contributed by atoms with Crippen LogP contribution in [0.2, 0.25) is 0 Å². The Labute approximate surface area is 126 Å². The molecular formula is C16H25N3O2. The zero-order chi connectivity index (χ0) is 15.1. The van der Waals surface area contributed by atoms with Crippen molar-refractivity contribution >= 4 is 5.91 Å². The van der Waals surface area contributed by atoms with Crippen LogP contribution in [0, 0.1) is 0 Å². The lowest BCUT2D eigenvalue weighted by Crippen LogP contribution is -2.48.